The third kappa shape index (κ3) is 2.97. The quantitative estimate of drug-likeness (QED) is 0.477. The highest BCUT2D eigenvalue weighted by atomic mass is 16.5. The van der Waals surface area contributed by atoms with Gasteiger partial charge in [-0.3, -0.25) is 4.79 Å². The average molecular weight is 421 g/mol. The number of carboxylic acid groups (broad SMARTS) is 1. The molecule has 8 atom stereocenters. The van der Waals surface area contributed by atoms with Crippen LogP contribution in [0, 0.1) is 28.6 Å². The summed E-state index contributed by atoms with van der Waals surface area (Å²) in [5.41, 5.74) is -2.93. The summed E-state index contributed by atoms with van der Waals surface area (Å²) in [5.74, 6) is -0.321. The number of hydrogen-bond donors (Lipinski definition) is 3. The van der Waals surface area contributed by atoms with E-state index in [4.69, 9.17) is 9.84 Å². The highest BCUT2D eigenvalue weighted by Gasteiger charge is 2.71. The van der Waals surface area contributed by atoms with Crippen LogP contribution in [0.5, 0.6) is 0 Å². The van der Waals surface area contributed by atoms with Gasteiger partial charge in [-0.1, -0.05) is 13.8 Å². The molecule has 0 aromatic rings. The fraction of sp³-hybridized carbons (Fsp3) is 0.833. The van der Waals surface area contributed by atoms with Crippen LogP contribution < -0.4 is 0 Å². The predicted molar refractivity (Wildman–Crippen MR) is 110 cm³/mol. The van der Waals surface area contributed by atoms with Crippen molar-refractivity contribution in [3.05, 3.63) is 12.2 Å². The van der Waals surface area contributed by atoms with Gasteiger partial charge >= 0.3 is 11.9 Å². The molecule has 0 heterocycles. The van der Waals surface area contributed by atoms with E-state index in [0.29, 0.717) is 31.1 Å². The van der Waals surface area contributed by atoms with E-state index in [9.17, 15) is 19.8 Å². The SMILES string of the molecule is CC(=O)O[C@H]1CC[C@@]2(C)[C@H](CC[C@@H]3[C@@H]2CC[C@]2(C)[C@@](O)(/C=C/C(=O)O)CC[C@]32O)C1. The number of hydrogen-bond acceptors (Lipinski definition) is 5. The van der Waals surface area contributed by atoms with Gasteiger partial charge in [-0.15, -0.1) is 0 Å². The number of rotatable bonds is 3. The molecule has 0 spiro atoms. The van der Waals surface area contributed by atoms with Crippen LogP contribution in [0.15, 0.2) is 12.2 Å². The molecular weight excluding hydrogens is 384 g/mol. The van der Waals surface area contributed by atoms with Gasteiger partial charge in [0.1, 0.15) is 6.10 Å². The van der Waals surface area contributed by atoms with Gasteiger partial charge in [0.25, 0.3) is 0 Å². The summed E-state index contributed by atoms with van der Waals surface area (Å²) in [7, 11) is 0. The molecule has 4 saturated carbocycles. The van der Waals surface area contributed by atoms with E-state index in [1.54, 1.807) is 0 Å². The summed E-state index contributed by atoms with van der Waals surface area (Å²) in [5, 5.41) is 32.5. The maximum atomic E-state index is 12.0. The standard InChI is InChI=1S/C24H36O6/c1-15(25)30-17-6-9-21(2)16(14-17)4-5-19-18(21)7-10-22(3)23(28,11-8-20(26)27)12-13-24(19,22)29/h8,11,16-19,28-29H,4-7,9-10,12-14H2,1-3H3,(H,26,27)/b11-8+/t16-,17+,18+,19-,21+,22-,23-,24+/m1/s1. The van der Waals surface area contributed by atoms with Crippen molar-refractivity contribution in [2.24, 2.45) is 28.6 Å². The van der Waals surface area contributed by atoms with Crippen molar-refractivity contribution >= 4 is 11.9 Å². The number of fused-ring (bicyclic) bond motifs is 5. The van der Waals surface area contributed by atoms with E-state index < -0.39 is 22.6 Å². The molecule has 0 aliphatic heterocycles. The number of esters is 1. The van der Waals surface area contributed by atoms with Gasteiger partial charge in [0.2, 0.25) is 0 Å². The van der Waals surface area contributed by atoms with Crippen molar-refractivity contribution in [1.82, 2.24) is 0 Å². The highest BCUT2D eigenvalue weighted by molar-refractivity contribution is 5.80. The molecule has 4 rings (SSSR count). The van der Waals surface area contributed by atoms with E-state index in [0.717, 1.165) is 44.6 Å². The van der Waals surface area contributed by atoms with Gasteiger partial charge in [-0.05, 0) is 87.0 Å². The summed E-state index contributed by atoms with van der Waals surface area (Å²) in [4.78, 5) is 22.5. The number of carbonyl (C=O) groups is 2. The van der Waals surface area contributed by atoms with Crippen LogP contribution in [-0.2, 0) is 14.3 Å². The monoisotopic (exact) mass is 420 g/mol. The van der Waals surface area contributed by atoms with Crippen molar-refractivity contribution in [1.29, 1.82) is 0 Å². The lowest BCUT2D eigenvalue weighted by Crippen LogP contribution is -2.65. The van der Waals surface area contributed by atoms with Gasteiger partial charge in [-0.25, -0.2) is 4.79 Å². The molecular formula is C24H36O6. The first-order valence-electron chi connectivity index (χ1n) is 11.5. The van der Waals surface area contributed by atoms with Crippen molar-refractivity contribution in [3.8, 4) is 0 Å². The summed E-state index contributed by atoms with van der Waals surface area (Å²) < 4.78 is 5.52. The smallest absolute Gasteiger partial charge is 0.328 e. The van der Waals surface area contributed by atoms with Crippen LogP contribution >= 0.6 is 0 Å². The summed E-state index contributed by atoms with van der Waals surface area (Å²) in [6.45, 7) is 5.78. The van der Waals surface area contributed by atoms with Gasteiger partial charge in [0.05, 0.1) is 11.2 Å². The summed E-state index contributed by atoms with van der Waals surface area (Å²) in [6.07, 6.45) is 9.61. The van der Waals surface area contributed by atoms with Gasteiger partial charge in [-0.2, -0.15) is 0 Å². The first-order chi connectivity index (χ1) is 14.0. The minimum atomic E-state index is -1.30. The zero-order chi connectivity index (χ0) is 21.9. The molecule has 0 amide bonds. The molecule has 6 nitrogen and oxygen atoms in total. The Balaban J connectivity index is 1.60. The molecule has 0 aromatic heterocycles. The molecule has 0 aromatic carbocycles. The zero-order valence-electron chi connectivity index (χ0n) is 18.4. The molecule has 0 saturated heterocycles. The summed E-state index contributed by atoms with van der Waals surface area (Å²) in [6, 6.07) is 0. The molecule has 4 aliphatic carbocycles. The van der Waals surface area contributed by atoms with Crippen LogP contribution in [0.1, 0.15) is 78.6 Å². The second-order valence-corrected chi connectivity index (χ2v) is 10.9. The lowest BCUT2D eigenvalue weighted by molar-refractivity contribution is -0.228. The topological polar surface area (TPSA) is 104 Å². The first-order valence-corrected chi connectivity index (χ1v) is 11.5. The molecule has 0 radical (unpaired) electrons. The van der Waals surface area contributed by atoms with Crippen molar-refractivity contribution in [2.45, 2.75) is 95.9 Å². The van der Waals surface area contributed by atoms with Crippen molar-refractivity contribution < 1.29 is 29.6 Å². The third-order valence-corrected chi connectivity index (χ3v) is 9.85. The number of carbonyl (C=O) groups excluding carboxylic acids is 1. The van der Waals surface area contributed by atoms with Gasteiger partial charge in [0, 0.05) is 18.4 Å². The minimum Gasteiger partial charge on any atom is -0.478 e. The zero-order valence-corrected chi connectivity index (χ0v) is 18.4. The van der Waals surface area contributed by atoms with Crippen molar-refractivity contribution in [3.63, 3.8) is 0 Å². The Bertz CT molecular complexity index is 763. The van der Waals surface area contributed by atoms with Gasteiger partial charge in [0.15, 0.2) is 0 Å². The largest absolute Gasteiger partial charge is 0.478 e. The normalized spacial score (nSPS) is 50.4. The van der Waals surface area contributed by atoms with E-state index in [1.807, 2.05) is 6.92 Å². The second-order valence-electron chi connectivity index (χ2n) is 10.9. The minimum absolute atomic E-state index is 0.00629. The predicted octanol–water partition coefficient (Wildman–Crippen LogP) is 3.45. The van der Waals surface area contributed by atoms with E-state index >= 15 is 0 Å². The first kappa shape index (κ1) is 21.8. The van der Waals surface area contributed by atoms with Crippen LogP contribution in [-0.4, -0.2) is 44.6 Å². The average Bonchev–Trinajstić information content (AvgIpc) is 2.88. The third-order valence-electron chi connectivity index (χ3n) is 9.85. The van der Waals surface area contributed by atoms with Crippen LogP contribution in [0.25, 0.3) is 0 Å². The van der Waals surface area contributed by atoms with Crippen LogP contribution in [0.2, 0.25) is 0 Å². The van der Waals surface area contributed by atoms with Gasteiger partial charge < -0.3 is 20.1 Å². The molecule has 30 heavy (non-hydrogen) atoms. The molecule has 3 N–H and O–H groups in total. The Hall–Kier alpha value is -1.40. The summed E-state index contributed by atoms with van der Waals surface area (Å²) >= 11 is 0. The van der Waals surface area contributed by atoms with E-state index in [-0.39, 0.29) is 23.4 Å². The Morgan fingerprint density at radius 2 is 1.70 bits per heavy atom. The van der Waals surface area contributed by atoms with Crippen molar-refractivity contribution in [2.75, 3.05) is 0 Å². The Labute approximate surface area is 178 Å². The Morgan fingerprint density at radius 3 is 2.37 bits per heavy atom. The maximum Gasteiger partial charge on any atom is 0.328 e. The lowest BCUT2D eigenvalue weighted by Gasteiger charge is -2.64. The number of aliphatic hydroxyl groups is 2. The van der Waals surface area contributed by atoms with E-state index in [2.05, 4.69) is 6.92 Å². The van der Waals surface area contributed by atoms with Crippen LogP contribution in [0.3, 0.4) is 0 Å². The molecule has 168 valence electrons. The highest BCUT2D eigenvalue weighted by Crippen LogP contribution is 2.70. The second kappa shape index (κ2) is 7.06. The van der Waals surface area contributed by atoms with E-state index in [1.165, 1.54) is 13.0 Å². The molecule has 0 bridgehead atoms. The molecule has 0 unspecified atom stereocenters. The number of carboxylic acids is 1. The Kier molecular flexibility index (Phi) is 5.13. The number of aliphatic carboxylic acids is 1. The Morgan fingerprint density at radius 1 is 0.967 bits per heavy atom. The molecule has 4 fully saturated rings. The fourth-order valence-corrected chi connectivity index (χ4v) is 8.06. The maximum absolute atomic E-state index is 12.0. The molecule has 6 heteroatoms. The number of ether oxygens (including phenoxy) is 1. The molecule has 4 aliphatic rings. The fourth-order valence-electron chi connectivity index (χ4n) is 8.06. The lowest BCUT2D eigenvalue weighted by atomic mass is 9.43. The van der Waals surface area contributed by atoms with Crippen LogP contribution in [0.4, 0.5) is 0 Å².